The number of nitrogens with zero attached hydrogens (tertiary/aromatic N) is 2. The van der Waals surface area contributed by atoms with Crippen molar-refractivity contribution in [2.75, 3.05) is 6.54 Å². The van der Waals surface area contributed by atoms with Crippen LogP contribution >= 0.6 is 12.6 Å². The molecule has 6 nitrogen and oxygen atoms in total. The minimum absolute atomic E-state index is 0.183. The van der Waals surface area contributed by atoms with E-state index in [9.17, 15) is 18.4 Å². The number of aliphatic carboxylic acids is 1. The number of unbranched alkanes of at least 4 members (excludes halogenated alkanes) is 1. The number of carboxylic acid groups (broad SMARTS) is 1. The number of carbonyl (C=O) groups excluding carboxylic acids is 1. The van der Waals surface area contributed by atoms with Gasteiger partial charge in [-0.15, -0.1) is 0 Å². The number of carbonyl (C=O) groups is 2. The Balaban J connectivity index is 2.10. The highest BCUT2D eigenvalue weighted by molar-refractivity contribution is 7.81. The molecule has 9 heteroatoms. The van der Waals surface area contributed by atoms with Gasteiger partial charge >= 0.3 is 5.97 Å². The van der Waals surface area contributed by atoms with E-state index in [1.54, 1.807) is 30.5 Å². The Kier molecular flexibility index (Phi) is 12.5. The van der Waals surface area contributed by atoms with Crippen molar-refractivity contribution >= 4 is 36.9 Å². The Bertz CT molecular complexity index is 1050. The lowest BCUT2D eigenvalue weighted by molar-refractivity contribution is -0.136. The number of rotatable bonds is 13. The summed E-state index contributed by atoms with van der Waals surface area (Å²) in [6.45, 7) is 3.99. The van der Waals surface area contributed by atoms with Gasteiger partial charge in [0.15, 0.2) is 0 Å². The smallest absolute Gasteiger partial charge is 0.316 e. The zero-order chi connectivity index (χ0) is 26.3. The fourth-order valence-corrected chi connectivity index (χ4v) is 3.51. The van der Waals surface area contributed by atoms with E-state index in [1.807, 2.05) is 0 Å². The molecule has 2 aliphatic rings. The Morgan fingerprint density at radius 3 is 2.75 bits per heavy atom. The van der Waals surface area contributed by atoms with E-state index < -0.39 is 23.3 Å². The number of aliphatic imine (C=N–C) groups is 2. The SMILES string of the molecule is C=C/C(C=NC1=CCC(C(=O)NCC2=CCC(F)C=C2)C=C1N=CCCCC(S)C(=O)O)=C\C=C\F. The fourth-order valence-electron chi connectivity index (χ4n) is 3.33. The van der Waals surface area contributed by atoms with Gasteiger partial charge in [-0.3, -0.25) is 19.6 Å². The lowest BCUT2D eigenvalue weighted by Crippen LogP contribution is -2.32. The summed E-state index contributed by atoms with van der Waals surface area (Å²) < 4.78 is 25.5. The van der Waals surface area contributed by atoms with Gasteiger partial charge in [-0.05, 0) is 49.0 Å². The summed E-state index contributed by atoms with van der Waals surface area (Å²) in [5.41, 5.74) is 2.49. The van der Waals surface area contributed by atoms with Crippen LogP contribution in [0.4, 0.5) is 8.78 Å². The lowest BCUT2D eigenvalue weighted by Gasteiger charge is -2.18. The van der Waals surface area contributed by atoms with Crippen molar-refractivity contribution in [2.24, 2.45) is 15.9 Å². The summed E-state index contributed by atoms with van der Waals surface area (Å²) in [5, 5.41) is 11.1. The van der Waals surface area contributed by atoms with Crippen molar-refractivity contribution in [3.8, 4) is 0 Å². The molecule has 3 atom stereocenters. The maximum absolute atomic E-state index is 13.2. The Hall–Kier alpha value is -3.33. The number of amides is 1. The Labute approximate surface area is 215 Å². The molecule has 0 aromatic carbocycles. The van der Waals surface area contributed by atoms with Crippen LogP contribution in [0.3, 0.4) is 0 Å². The highest BCUT2D eigenvalue weighted by Gasteiger charge is 2.21. The molecule has 0 aromatic heterocycles. The van der Waals surface area contributed by atoms with E-state index >= 15 is 0 Å². The number of alkyl halides is 1. The second-order valence-electron chi connectivity index (χ2n) is 8.14. The average Bonchev–Trinajstić information content (AvgIpc) is 2.88. The second-order valence-corrected chi connectivity index (χ2v) is 8.76. The van der Waals surface area contributed by atoms with Gasteiger partial charge in [-0.1, -0.05) is 43.0 Å². The molecule has 0 aliphatic heterocycles. The Morgan fingerprint density at radius 2 is 2.08 bits per heavy atom. The van der Waals surface area contributed by atoms with E-state index in [0.29, 0.717) is 61.9 Å². The molecule has 0 spiro atoms. The van der Waals surface area contributed by atoms with Gasteiger partial charge in [-0.25, -0.2) is 8.78 Å². The molecular formula is C27H31F2N3O3S. The van der Waals surface area contributed by atoms with Crippen molar-refractivity contribution in [3.05, 3.63) is 84.1 Å². The normalized spacial score (nSPS) is 21.4. The molecule has 0 bridgehead atoms. The number of nitrogens with one attached hydrogen (secondary N) is 1. The van der Waals surface area contributed by atoms with Crippen LogP contribution in [0.2, 0.25) is 0 Å². The maximum Gasteiger partial charge on any atom is 0.316 e. The third-order valence-electron chi connectivity index (χ3n) is 5.39. The predicted octanol–water partition coefficient (Wildman–Crippen LogP) is 5.41. The highest BCUT2D eigenvalue weighted by atomic mass is 32.1. The van der Waals surface area contributed by atoms with Gasteiger partial charge in [0.1, 0.15) is 6.17 Å². The van der Waals surface area contributed by atoms with E-state index in [0.717, 1.165) is 5.57 Å². The van der Waals surface area contributed by atoms with Crippen LogP contribution in [0, 0.1) is 5.92 Å². The van der Waals surface area contributed by atoms with E-state index in [-0.39, 0.29) is 5.91 Å². The van der Waals surface area contributed by atoms with Crippen LogP contribution in [-0.2, 0) is 9.59 Å². The van der Waals surface area contributed by atoms with Gasteiger partial charge in [0.25, 0.3) is 0 Å². The topological polar surface area (TPSA) is 91.1 Å². The van der Waals surface area contributed by atoms with E-state index in [1.165, 1.54) is 30.5 Å². The number of hydrogen-bond donors (Lipinski definition) is 3. The van der Waals surface area contributed by atoms with Crippen LogP contribution in [-0.4, -0.2) is 47.4 Å². The predicted molar refractivity (Wildman–Crippen MR) is 144 cm³/mol. The van der Waals surface area contributed by atoms with Crippen LogP contribution in [0.15, 0.2) is 94.0 Å². The molecular weight excluding hydrogens is 484 g/mol. The number of carboxylic acids is 1. The van der Waals surface area contributed by atoms with Crippen LogP contribution < -0.4 is 5.32 Å². The monoisotopic (exact) mass is 515 g/mol. The molecule has 1 amide bonds. The van der Waals surface area contributed by atoms with Crippen LogP contribution in [0.1, 0.15) is 32.1 Å². The second kappa shape index (κ2) is 15.6. The quantitative estimate of drug-likeness (QED) is 0.133. The third kappa shape index (κ3) is 10.1. The summed E-state index contributed by atoms with van der Waals surface area (Å²) >= 11 is 4.02. The summed E-state index contributed by atoms with van der Waals surface area (Å²) in [7, 11) is 0. The third-order valence-corrected chi connectivity index (χ3v) is 5.87. The molecule has 3 unspecified atom stereocenters. The first-order valence-electron chi connectivity index (χ1n) is 11.6. The summed E-state index contributed by atoms with van der Waals surface area (Å²) in [6, 6.07) is 0. The van der Waals surface area contributed by atoms with Crippen LogP contribution in [0.25, 0.3) is 0 Å². The van der Waals surface area contributed by atoms with Crippen molar-refractivity contribution in [1.29, 1.82) is 0 Å². The molecule has 36 heavy (non-hydrogen) atoms. The lowest BCUT2D eigenvalue weighted by atomic mass is 9.96. The molecule has 0 aromatic rings. The van der Waals surface area contributed by atoms with Gasteiger partial charge < -0.3 is 10.4 Å². The largest absolute Gasteiger partial charge is 0.480 e. The first kappa shape index (κ1) is 28.9. The maximum atomic E-state index is 13.2. The van der Waals surface area contributed by atoms with Crippen LogP contribution in [0.5, 0.6) is 0 Å². The molecule has 2 rings (SSSR count). The molecule has 0 radical (unpaired) electrons. The molecule has 2 N–H and O–H groups in total. The molecule has 0 fully saturated rings. The Morgan fingerprint density at radius 1 is 1.28 bits per heavy atom. The van der Waals surface area contributed by atoms with Gasteiger partial charge in [-0.2, -0.15) is 12.6 Å². The first-order chi connectivity index (χ1) is 17.3. The van der Waals surface area contributed by atoms with Crippen molar-refractivity contribution in [1.82, 2.24) is 5.32 Å². The number of thiol groups is 1. The minimum atomic E-state index is -0.984. The first-order valence-corrected chi connectivity index (χ1v) is 12.1. The van der Waals surface area contributed by atoms with Crippen molar-refractivity contribution in [3.63, 3.8) is 0 Å². The number of hydrogen-bond acceptors (Lipinski definition) is 5. The fraction of sp³-hybridized carbons (Fsp3) is 0.333. The van der Waals surface area contributed by atoms with E-state index in [4.69, 9.17) is 5.11 Å². The van der Waals surface area contributed by atoms with E-state index in [2.05, 4.69) is 34.5 Å². The average molecular weight is 516 g/mol. The summed E-state index contributed by atoms with van der Waals surface area (Å²) in [5.74, 6) is -1.61. The molecule has 0 heterocycles. The minimum Gasteiger partial charge on any atom is -0.480 e. The highest BCUT2D eigenvalue weighted by Crippen LogP contribution is 2.25. The van der Waals surface area contributed by atoms with Gasteiger partial charge in [0.05, 0.1) is 28.9 Å². The van der Waals surface area contributed by atoms with Gasteiger partial charge in [0.2, 0.25) is 5.91 Å². The molecule has 2 aliphatic carbocycles. The zero-order valence-corrected chi connectivity index (χ0v) is 20.8. The number of allylic oxidation sites excluding steroid dienone is 7. The van der Waals surface area contributed by atoms with Crippen molar-refractivity contribution < 1.29 is 23.5 Å². The summed E-state index contributed by atoms with van der Waals surface area (Å²) in [6.07, 6.45) is 17.6. The van der Waals surface area contributed by atoms with Gasteiger partial charge in [0, 0.05) is 25.4 Å². The number of halogens is 2. The molecule has 0 saturated heterocycles. The zero-order valence-electron chi connectivity index (χ0n) is 19.9. The van der Waals surface area contributed by atoms with Crippen molar-refractivity contribution in [2.45, 2.75) is 43.5 Å². The standard InChI is InChI=1S/C27H31F2N3O3S/c1-2-19(6-5-14-28)17-31-23-13-10-21(26(33)32-18-20-8-11-22(29)12-9-20)16-24(23)30-15-4-3-7-25(36)27(34)35/h2,5-6,8-9,11,13-17,21-22,25,36H,1,3-4,7,10,12,18H2,(H,32,33)(H,34,35)/b14-5+,19-6+,30-15?,31-17?. The molecule has 0 saturated carbocycles. The molecule has 192 valence electrons. The summed E-state index contributed by atoms with van der Waals surface area (Å²) in [4.78, 5) is 32.6.